The molecular weight excluding hydrogens is 266 g/mol. The summed E-state index contributed by atoms with van der Waals surface area (Å²) in [5.74, 6) is 0. The van der Waals surface area contributed by atoms with E-state index in [4.69, 9.17) is 5.73 Å². The molecule has 4 N–H and O–H groups in total. The van der Waals surface area contributed by atoms with Crippen molar-refractivity contribution in [1.82, 2.24) is 14.9 Å². The molecule has 2 rings (SSSR count). The number of aromatic nitrogens is 2. The number of rotatable bonds is 7. The molecule has 112 valence electrons. The molecule has 0 radical (unpaired) electrons. The van der Waals surface area contributed by atoms with Crippen LogP contribution in [0, 0.1) is 0 Å². The van der Waals surface area contributed by atoms with Gasteiger partial charge in [-0.05, 0) is 30.5 Å². The first-order valence-electron chi connectivity index (χ1n) is 7.07. The van der Waals surface area contributed by atoms with Gasteiger partial charge in [0, 0.05) is 37.7 Å². The molecule has 0 spiro atoms. The molecule has 6 heteroatoms. The van der Waals surface area contributed by atoms with E-state index in [9.17, 15) is 4.79 Å². The molecule has 0 aliphatic heterocycles. The van der Waals surface area contributed by atoms with Crippen LogP contribution < -0.4 is 16.4 Å². The average molecular weight is 287 g/mol. The first kappa shape index (κ1) is 15.1. The number of hydrogen-bond donors (Lipinski definition) is 3. The Balaban J connectivity index is 1.60. The fourth-order valence-corrected chi connectivity index (χ4v) is 1.94. The van der Waals surface area contributed by atoms with E-state index in [2.05, 4.69) is 15.6 Å². The summed E-state index contributed by atoms with van der Waals surface area (Å²) < 4.78 is 2.03. The van der Waals surface area contributed by atoms with Gasteiger partial charge in [-0.2, -0.15) is 0 Å². The highest BCUT2D eigenvalue weighted by Crippen LogP contribution is 2.08. The lowest BCUT2D eigenvalue weighted by atomic mass is 10.2. The number of nitrogens with one attached hydrogen (secondary N) is 2. The number of nitrogens with zero attached hydrogens (tertiary/aromatic N) is 2. The second kappa shape index (κ2) is 8.06. The number of anilines is 1. The van der Waals surface area contributed by atoms with Gasteiger partial charge in [-0.15, -0.1) is 0 Å². The molecule has 0 saturated heterocycles. The standard InChI is InChI=1S/C15H21N5O/c16-11-13-3-5-14(6-4-13)19-15(21)18-7-1-2-9-20-10-8-17-12-20/h3-6,8,10,12H,1-2,7,9,11,16H2,(H2,18,19,21). The molecule has 0 aliphatic rings. The molecule has 0 bridgehead atoms. The Kier molecular flexibility index (Phi) is 5.78. The lowest BCUT2D eigenvalue weighted by molar-refractivity contribution is 0.252. The third-order valence-corrected chi connectivity index (χ3v) is 3.14. The summed E-state index contributed by atoms with van der Waals surface area (Å²) in [5, 5.41) is 5.63. The number of carbonyl (C=O) groups excluding carboxylic acids is 1. The van der Waals surface area contributed by atoms with Crippen LogP contribution in [-0.4, -0.2) is 22.1 Å². The normalized spacial score (nSPS) is 10.3. The fraction of sp³-hybridized carbons (Fsp3) is 0.333. The maximum Gasteiger partial charge on any atom is 0.319 e. The van der Waals surface area contributed by atoms with Crippen molar-refractivity contribution in [1.29, 1.82) is 0 Å². The number of hydrogen-bond acceptors (Lipinski definition) is 3. The molecule has 1 aromatic heterocycles. The van der Waals surface area contributed by atoms with Crippen molar-refractivity contribution in [3.05, 3.63) is 48.5 Å². The van der Waals surface area contributed by atoms with Crippen molar-refractivity contribution in [3.8, 4) is 0 Å². The lowest BCUT2D eigenvalue weighted by Gasteiger charge is -2.08. The van der Waals surface area contributed by atoms with Crippen LogP contribution >= 0.6 is 0 Å². The van der Waals surface area contributed by atoms with E-state index in [0.717, 1.165) is 30.6 Å². The number of imidazole rings is 1. The number of unbranched alkanes of at least 4 members (excludes halogenated alkanes) is 1. The monoisotopic (exact) mass is 287 g/mol. The van der Waals surface area contributed by atoms with Crippen LogP contribution in [0.1, 0.15) is 18.4 Å². The summed E-state index contributed by atoms with van der Waals surface area (Å²) >= 11 is 0. The molecule has 0 fully saturated rings. The van der Waals surface area contributed by atoms with Crippen LogP contribution in [0.15, 0.2) is 43.0 Å². The van der Waals surface area contributed by atoms with Crippen molar-refractivity contribution < 1.29 is 4.79 Å². The zero-order valence-electron chi connectivity index (χ0n) is 12.0. The molecule has 0 atom stereocenters. The molecule has 6 nitrogen and oxygen atoms in total. The Morgan fingerprint density at radius 2 is 2.05 bits per heavy atom. The maximum absolute atomic E-state index is 11.7. The Labute approximate surface area is 124 Å². The molecule has 0 saturated carbocycles. The first-order chi connectivity index (χ1) is 10.3. The van der Waals surface area contributed by atoms with Gasteiger partial charge in [-0.1, -0.05) is 12.1 Å². The van der Waals surface area contributed by atoms with Crippen molar-refractivity contribution in [2.45, 2.75) is 25.9 Å². The number of amides is 2. The van der Waals surface area contributed by atoms with E-state index in [-0.39, 0.29) is 6.03 Å². The van der Waals surface area contributed by atoms with Crippen LogP contribution in [0.4, 0.5) is 10.5 Å². The van der Waals surface area contributed by atoms with Gasteiger partial charge in [0.25, 0.3) is 0 Å². The van der Waals surface area contributed by atoms with Crippen LogP contribution in [-0.2, 0) is 13.1 Å². The number of nitrogens with two attached hydrogens (primary N) is 1. The van der Waals surface area contributed by atoms with Crippen LogP contribution in [0.2, 0.25) is 0 Å². The van der Waals surface area contributed by atoms with Gasteiger partial charge in [0.1, 0.15) is 0 Å². The number of aryl methyl sites for hydroxylation is 1. The Hall–Kier alpha value is -2.34. The van der Waals surface area contributed by atoms with E-state index in [0.29, 0.717) is 13.1 Å². The largest absolute Gasteiger partial charge is 0.338 e. The molecule has 0 unspecified atom stereocenters. The highest BCUT2D eigenvalue weighted by atomic mass is 16.2. The molecule has 2 amide bonds. The quantitative estimate of drug-likeness (QED) is 0.680. The third kappa shape index (κ3) is 5.27. The van der Waals surface area contributed by atoms with Gasteiger partial charge in [-0.3, -0.25) is 0 Å². The Morgan fingerprint density at radius 1 is 1.24 bits per heavy atom. The van der Waals surface area contributed by atoms with Gasteiger partial charge < -0.3 is 20.9 Å². The number of carbonyl (C=O) groups is 1. The molecule has 1 heterocycles. The minimum Gasteiger partial charge on any atom is -0.338 e. The second-order valence-electron chi connectivity index (χ2n) is 4.79. The summed E-state index contributed by atoms with van der Waals surface area (Å²) in [6, 6.07) is 7.32. The van der Waals surface area contributed by atoms with Crippen LogP contribution in [0.5, 0.6) is 0 Å². The Morgan fingerprint density at radius 3 is 2.71 bits per heavy atom. The highest BCUT2D eigenvalue weighted by molar-refractivity contribution is 5.89. The van der Waals surface area contributed by atoms with E-state index in [1.807, 2.05) is 35.0 Å². The van der Waals surface area contributed by atoms with Gasteiger partial charge >= 0.3 is 6.03 Å². The first-order valence-corrected chi connectivity index (χ1v) is 7.07. The molecule has 2 aromatic rings. The molecule has 0 aliphatic carbocycles. The van der Waals surface area contributed by atoms with Crippen molar-refractivity contribution in [2.24, 2.45) is 5.73 Å². The zero-order chi connectivity index (χ0) is 14.9. The molecule has 1 aromatic carbocycles. The minimum absolute atomic E-state index is 0.182. The van der Waals surface area contributed by atoms with E-state index in [1.54, 1.807) is 12.5 Å². The van der Waals surface area contributed by atoms with Crippen LogP contribution in [0.25, 0.3) is 0 Å². The van der Waals surface area contributed by atoms with Gasteiger partial charge in [0.2, 0.25) is 0 Å². The van der Waals surface area contributed by atoms with Gasteiger partial charge in [0.15, 0.2) is 0 Å². The molecular formula is C15H21N5O. The number of benzene rings is 1. The summed E-state index contributed by atoms with van der Waals surface area (Å²) in [6.07, 6.45) is 7.43. The lowest BCUT2D eigenvalue weighted by Crippen LogP contribution is -2.29. The smallest absolute Gasteiger partial charge is 0.319 e. The topological polar surface area (TPSA) is 85.0 Å². The minimum atomic E-state index is -0.182. The van der Waals surface area contributed by atoms with Crippen molar-refractivity contribution in [3.63, 3.8) is 0 Å². The maximum atomic E-state index is 11.7. The summed E-state index contributed by atoms with van der Waals surface area (Å²) in [6.45, 7) is 2.08. The zero-order valence-corrected chi connectivity index (χ0v) is 12.0. The van der Waals surface area contributed by atoms with E-state index < -0.39 is 0 Å². The fourth-order valence-electron chi connectivity index (χ4n) is 1.94. The highest BCUT2D eigenvalue weighted by Gasteiger charge is 2.00. The second-order valence-corrected chi connectivity index (χ2v) is 4.79. The molecule has 21 heavy (non-hydrogen) atoms. The summed E-state index contributed by atoms with van der Waals surface area (Å²) in [4.78, 5) is 15.7. The van der Waals surface area contributed by atoms with E-state index >= 15 is 0 Å². The van der Waals surface area contributed by atoms with Crippen molar-refractivity contribution >= 4 is 11.7 Å². The Bertz CT molecular complexity index is 536. The predicted octanol–water partition coefficient (Wildman–Crippen LogP) is 1.94. The average Bonchev–Trinajstić information content (AvgIpc) is 3.01. The summed E-state index contributed by atoms with van der Waals surface area (Å²) in [5.41, 5.74) is 7.33. The van der Waals surface area contributed by atoms with Gasteiger partial charge in [0.05, 0.1) is 6.33 Å². The van der Waals surface area contributed by atoms with Gasteiger partial charge in [-0.25, -0.2) is 9.78 Å². The third-order valence-electron chi connectivity index (χ3n) is 3.14. The predicted molar refractivity (Wildman–Crippen MR) is 82.8 cm³/mol. The van der Waals surface area contributed by atoms with E-state index in [1.165, 1.54) is 0 Å². The SMILES string of the molecule is NCc1ccc(NC(=O)NCCCCn2ccnc2)cc1. The van der Waals surface area contributed by atoms with Crippen molar-refractivity contribution in [2.75, 3.05) is 11.9 Å². The van der Waals surface area contributed by atoms with Crippen LogP contribution in [0.3, 0.4) is 0 Å². The number of urea groups is 1. The summed E-state index contributed by atoms with van der Waals surface area (Å²) in [7, 11) is 0.